The average molecular weight is 331 g/mol. The Hall–Kier alpha value is -1.66. The molecule has 1 aromatic rings. The summed E-state index contributed by atoms with van der Waals surface area (Å²) in [6, 6.07) is 6.46. The zero-order chi connectivity index (χ0) is 16.8. The van der Waals surface area contributed by atoms with E-state index in [4.69, 9.17) is 0 Å². The van der Waals surface area contributed by atoms with E-state index >= 15 is 0 Å². The molecule has 0 bridgehead atoms. The van der Waals surface area contributed by atoms with Crippen molar-refractivity contribution in [3.63, 3.8) is 0 Å². The van der Waals surface area contributed by atoms with Crippen LogP contribution in [0, 0.1) is 0 Å². The summed E-state index contributed by atoms with van der Waals surface area (Å²) in [6.07, 6.45) is 3.66. The molecule has 2 aliphatic rings. The van der Waals surface area contributed by atoms with Crippen molar-refractivity contribution in [2.24, 2.45) is 0 Å². The molecule has 2 N–H and O–H groups in total. The molecule has 132 valence electrons. The summed E-state index contributed by atoms with van der Waals surface area (Å²) in [4.78, 5) is 21.5. The van der Waals surface area contributed by atoms with Crippen LogP contribution in [0.1, 0.15) is 36.7 Å². The summed E-state index contributed by atoms with van der Waals surface area (Å²) >= 11 is 0. The van der Waals surface area contributed by atoms with Gasteiger partial charge in [0.15, 0.2) is 0 Å². The van der Waals surface area contributed by atoms with E-state index in [0.29, 0.717) is 12.2 Å². The van der Waals surface area contributed by atoms with Crippen LogP contribution < -0.4 is 15.5 Å². The largest absolute Gasteiger partial charge is 0.355 e. The predicted octanol–water partition coefficient (Wildman–Crippen LogP) is 1.10. The van der Waals surface area contributed by atoms with E-state index in [1.54, 1.807) is 6.07 Å². The number of rotatable bonds is 4. The molecule has 0 saturated carbocycles. The standard InChI is InChI=1S/C18H29N5O/c1-2-20-18(24)16-5-3-6-17(21-16)23-12-4-11-22(13-14-23)15-7-9-19-10-8-15/h3,5-6,15,19H,2,4,7-14H2,1H3,(H,20,24). The van der Waals surface area contributed by atoms with Crippen molar-refractivity contribution in [2.75, 3.05) is 50.7 Å². The molecule has 0 aromatic carbocycles. The summed E-state index contributed by atoms with van der Waals surface area (Å²) in [5.41, 5.74) is 0.508. The minimum absolute atomic E-state index is 0.0921. The summed E-state index contributed by atoms with van der Waals surface area (Å²) < 4.78 is 0. The third kappa shape index (κ3) is 4.24. The van der Waals surface area contributed by atoms with Gasteiger partial charge < -0.3 is 15.5 Å². The predicted molar refractivity (Wildman–Crippen MR) is 96.5 cm³/mol. The second-order valence-corrected chi connectivity index (χ2v) is 6.60. The van der Waals surface area contributed by atoms with Gasteiger partial charge in [0.05, 0.1) is 0 Å². The molecule has 24 heavy (non-hydrogen) atoms. The number of carbonyl (C=O) groups is 1. The minimum Gasteiger partial charge on any atom is -0.355 e. The summed E-state index contributed by atoms with van der Waals surface area (Å²) in [5, 5.41) is 6.27. The Labute approximate surface area is 144 Å². The van der Waals surface area contributed by atoms with E-state index < -0.39 is 0 Å². The van der Waals surface area contributed by atoms with Crippen LogP contribution in [0.5, 0.6) is 0 Å². The number of anilines is 1. The van der Waals surface area contributed by atoms with E-state index in [-0.39, 0.29) is 5.91 Å². The van der Waals surface area contributed by atoms with Gasteiger partial charge in [-0.05, 0) is 51.4 Å². The van der Waals surface area contributed by atoms with Crippen molar-refractivity contribution in [1.29, 1.82) is 0 Å². The number of amides is 1. The van der Waals surface area contributed by atoms with Crippen molar-refractivity contribution in [3.8, 4) is 0 Å². The molecular formula is C18H29N5O. The van der Waals surface area contributed by atoms with Gasteiger partial charge in [0.25, 0.3) is 5.91 Å². The van der Waals surface area contributed by atoms with Gasteiger partial charge in [-0.1, -0.05) is 6.07 Å². The molecule has 0 atom stereocenters. The first-order valence-electron chi connectivity index (χ1n) is 9.23. The Morgan fingerprint density at radius 3 is 2.88 bits per heavy atom. The van der Waals surface area contributed by atoms with Crippen molar-refractivity contribution >= 4 is 11.7 Å². The van der Waals surface area contributed by atoms with Gasteiger partial charge in [0, 0.05) is 38.8 Å². The van der Waals surface area contributed by atoms with Crippen LogP contribution in [0.3, 0.4) is 0 Å². The first-order valence-corrected chi connectivity index (χ1v) is 9.23. The second-order valence-electron chi connectivity index (χ2n) is 6.60. The molecule has 6 heteroatoms. The van der Waals surface area contributed by atoms with Crippen molar-refractivity contribution < 1.29 is 4.79 Å². The topological polar surface area (TPSA) is 60.5 Å². The molecule has 2 aliphatic heterocycles. The fourth-order valence-corrected chi connectivity index (χ4v) is 3.68. The maximum atomic E-state index is 12.0. The lowest BCUT2D eigenvalue weighted by Gasteiger charge is -2.33. The number of carbonyl (C=O) groups excluding carboxylic acids is 1. The number of hydrogen-bond acceptors (Lipinski definition) is 5. The van der Waals surface area contributed by atoms with Gasteiger partial charge in [-0.25, -0.2) is 4.98 Å². The molecule has 3 heterocycles. The summed E-state index contributed by atoms with van der Waals surface area (Å²) in [7, 11) is 0. The first-order chi connectivity index (χ1) is 11.8. The Morgan fingerprint density at radius 1 is 1.25 bits per heavy atom. The lowest BCUT2D eigenvalue weighted by Crippen LogP contribution is -2.44. The van der Waals surface area contributed by atoms with Crippen LogP contribution in [0.2, 0.25) is 0 Å². The Kier molecular flexibility index (Phi) is 6.04. The number of hydrogen-bond donors (Lipinski definition) is 2. The molecule has 0 unspecified atom stereocenters. The molecule has 3 rings (SSSR count). The van der Waals surface area contributed by atoms with Crippen LogP contribution in [-0.2, 0) is 0 Å². The quantitative estimate of drug-likeness (QED) is 0.865. The van der Waals surface area contributed by atoms with Gasteiger partial charge in [0.2, 0.25) is 0 Å². The third-order valence-corrected chi connectivity index (χ3v) is 4.98. The van der Waals surface area contributed by atoms with Crippen LogP contribution in [-0.4, -0.2) is 67.6 Å². The fourth-order valence-electron chi connectivity index (χ4n) is 3.68. The highest BCUT2D eigenvalue weighted by molar-refractivity contribution is 5.92. The maximum Gasteiger partial charge on any atom is 0.269 e. The van der Waals surface area contributed by atoms with Crippen LogP contribution >= 0.6 is 0 Å². The summed E-state index contributed by atoms with van der Waals surface area (Å²) in [6.45, 7) is 9.06. The number of aromatic nitrogens is 1. The van der Waals surface area contributed by atoms with E-state index in [0.717, 1.165) is 57.5 Å². The molecule has 6 nitrogen and oxygen atoms in total. The molecule has 0 spiro atoms. The van der Waals surface area contributed by atoms with E-state index in [9.17, 15) is 4.79 Å². The van der Waals surface area contributed by atoms with Gasteiger partial charge in [-0.3, -0.25) is 9.69 Å². The highest BCUT2D eigenvalue weighted by Crippen LogP contribution is 2.18. The number of nitrogens with zero attached hydrogens (tertiary/aromatic N) is 3. The molecular weight excluding hydrogens is 302 g/mol. The zero-order valence-corrected chi connectivity index (χ0v) is 14.6. The lowest BCUT2D eigenvalue weighted by molar-refractivity contribution is 0.0951. The molecule has 1 aromatic heterocycles. The van der Waals surface area contributed by atoms with Gasteiger partial charge in [0.1, 0.15) is 11.5 Å². The molecule has 0 aliphatic carbocycles. The van der Waals surface area contributed by atoms with Crippen LogP contribution in [0.25, 0.3) is 0 Å². The van der Waals surface area contributed by atoms with Crippen LogP contribution in [0.4, 0.5) is 5.82 Å². The van der Waals surface area contributed by atoms with Gasteiger partial charge in [-0.15, -0.1) is 0 Å². The van der Waals surface area contributed by atoms with Crippen molar-refractivity contribution in [1.82, 2.24) is 20.5 Å². The van der Waals surface area contributed by atoms with Gasteiger partial charge in [-0.2, -0.15) is 0 Å². The number of pyridine rings is 1. The Morgan fingerprint density at radius 2 is 2.08 bits per heavy atom. The maximum absolute atomic E-state index is 12.0. The first kappa shape index (κ1) is 17.2. The van der Waals surface area contributed by atoms with Crippen molar-refractivity contribution in [3.05, 3.63) is 23.9 Å². The minimum atomic E-state index is -0.0921. The zero-order valence-electron chi connectivity index (χ0n) is 14.6. The second kappa shape index (κ2) is 8.44. The SMILES string of the molecule is CCNC(=O)c1cccc(N2CCCN(C3CCNCC3)CC2)n1. The number of piperidine rings is 1. The average Bonchev–Trinajstić information content (AvgIpc) is 2.89. The normalized spacial score (nSPS) is 20.6. The van der Waals surface area contributed by atoms with E-state index in [2.05, 4.69) is 25.4 Å². The van der Waals surface area contributed by atoms with E-state index in [1.165, 1.54) is 12.8 Å². The van der Waals surface area contributed by atoms with Crippen LogP contribution in [0.15, 0.2) is 18.2 Å². The molecule has 1 amide bonds. The highest BCUT2D eigenvalue weighted by atomic mass is 16.1. The Balaban J connectivity index is 1.63. The Bertz CT molecular complexity index is 544. The van der Waals surface area contributed by atoms with Crippen molar-refractivity contribution in [2.45, 2.75) is 32.2 Å². The molecule has 2 fully saturated rings. The third-order valence-electron chi connectivity index (χ3n) is 4.98. The lowest BCUT2D eigenvalue weighted by atomic mass is 10.0. The highest BCUT2D eigenvalue weighted by Gasteiger charge is 2.24. The van der Waals surface area contributed by atoms with Gasteiger partial charge >= 0.3 is 0 Å². The smallest absolute Gasteiger partial charge is 0.269 e. The molecule has 2 saturated heterocycles. The molecule has 0 radical (unpaired) electrons. The fraction of sp³-hybridized carbons (Fsp3) is 0.667. The van der Waals surface area contributed by atoms with E-state index in [1.807, 2.05) is 19.1 Å². The monoisotopic (exact) mass is 331 g/mol. The summed E-state index contributed by atoms with van der Waals surface area (Å²) in [5.74, 6) is 0.830. The number of nitrogens with one attached hydrogen (secondary N) is 2.